The molecule has 3 rings (SSSR count). The number of aromatic nitrogens is 2. The molecular formula is C14H13FN2O. The van der Waals surface area contributed by atoms with Gasteiger partial charge in [0, 0.05) is 23.9 Å². The van der Waals surface area contributed by atoms with Crippen LogP contribution in [0.25, 0.3) is 17.0 Å². The van der Waals surface area contributed by atoms with Gasteiger partial charge in [0.15, 0.2) is 0 Å². The van der Waals surface area contributed by atoms with Crippen molar-refractivity contribution in [1.82, 2.24) is 9.55 Å². The highest BCUT2D eigenvalue weighted by atomic mass is 19.1. The minimum absolute atomic E-state index is 0.231. The molecule has 1 aliphatic heterocycles. The van der Waals surface area contributed by atoms with E-state index < -0.39 is 0 Å². The molecule has 0 atom stereocenters. The lowest BCUT2D eigenvalue weighted by molar-refractivity contribution is 0.159. The Morgan fingerprint density at radius 3 is 2.78 bits per heavy atom. The lowest BCUT2D eigenvalue weighted by Gasteiger charge is -2.13. The number of imidazole rings is 1. The number of hydrogen-bond donors (Lipinski definition) is 0. The van der Waals surface area contributed by atoms with Gasteiger partial charge in [0.05, 0.1) is 25.2 Å². The van der Waals surface area contributed by atoms with Crippen molar-refractivity contribution in [2.24, 2.45) is 0 Å². The summed E-state index contributed by atoms with van der Waals surface area (Å²) in [6.45, 7) is 1.40. The third-order valence-corrected chi connectivity index (χ3v) is 2.99. The van der Waals surface area contributed by atoms with Gasteiger partial charge in [-0.25, -0.2) is 9.37 Å². The van der Waals surface area contributed by atoms with Crippen LogP contribution in [0, 0.1) is 5.82 Å². The molecule has 0 unspecified atom stereocenters. The highest BCUT2D eigenvalue weighted by molar-refractivity contribution is 5.60. The Bertz CT molecular complexity index is 572. The van der Waals surface area contributed by atoms with Gasteiger partial charge in [0.1, 0.15) is 5.82 Å². The molecule has 2 heterocycles. The van der Waals surface area contributed by atoms with Crippen LogP contribution in [0.4, 0.5) is 4.39 Å². The van der Waals surface area contributed by atoms with E-state index in [1.807, 2.05) is 10.8 Å². The van der Waals surface area contributed by atoms with Crippen molar-refractivity contribution in [2.45, 2.75) is 6.42 Å². The van der Waals surface area contributed by atoms with Crippen LogP contribution in [0.1, 0.15) is 6.42 Å². The molecule has 0 spiro atoms. The van der Waals surface area contributed by atoms with Gasteiger partial charge in [-0.2, -0.15) is 0 Å². The van der Waals surface area contributed by atoms with Crippen molar-refractivity contribution >= 4 is 5.70 Å². The SMILES string of the molecule is Fc1ccc(-c2cn(C3=CCOCC3)cn2)cc1. The standard InChI is InChI=1S/C14H13FN2O/c15-12-3-1-11(2-4-12)14-9-17(10-16-14)13-5-7-18-8-6-13/h1-5,9-10H,6-8H2. The van der Waals surface area contributed by atoms with E-state index in [9.17, 15) is 4.39 Å². The fraction of sp³-hybridized carbons (Fsp3) is 0.214. The molecular weight excluding hydrogens is 231 g/mol. The molecule has 1 aromatic heterocycles. The first-order valence-corrected chi connectivity index (χ1v) is 5.90. The summed E-state index contributed by atoms with van der Waals surface area (Å²) in [6.07, 6.45) is 6.69. The first-order chi connectivity index (χ1) is 8.83. The zero-order valence-electron chi connectivity index (χ0n) is 9.84. The van der Waals surface area contributed by atoms with Crippen LogP contribution in [-0.4, -0.2) is 22.8 Å². The molecule has 0 radical (unpaired) electrons. The Kier molecular flexibility index (Phi) is 2.94. The molecule has 92 valence electrons. The summed E-state index contributed by atoms with van der Waals surface area (Å²) in [5.41, 5.74) is 2.97. The largest absolute Gasteiger partial charge is 0.377 e. The van der Waals surface area contributed by atoms with Gasteiger partial charge in [-0.3, -0.25) is 0 Å². The summed E-state index contributed by atoms with van der Waals surface area (Å²) in [7, 11) is 0. The van der Waals surface area contributed by atoms with Gasteiger partial charge in [0.25, 0.3) is 0 Å². The quantitative estimate of drug-likeness (QED) is 0.812. The molecule has 1 aromatic carbocycles. The predicted octanol–water partition coefficient (Wildman–Crippen LogP) is 2.95. The summed E-state index contributed by atoms with van der Waals surface area (Å²) < 4.78 is 20.1. The second kappa shape index (κ2) is 4.74. The minimum atomic E-state index is -0.231. The maximum atomic E-state index is 12.8. The van der Waals surface area contributed by atoms with Gasteiger partial charge in [-0.1, -0.05) is 0 Å². The van der Waals surface area contributed by atoms with E-state index in [4.69, 9.17) is 4.74 Å². The first-order valence-electron chi connectivity index (χ1n) is 5.90. The molecule has 0 saturated heterocycles. The first kappa shape index (κ1) is 11.2. The second-order valence-corrected chi connectivity index (χ2v) is 4.19. The molecule has 0 saturated carbocycles. The van der Waals surface area contributed by atoms with Crippen molar-refractivity contribution in [3.8, 4) is 11.3 Å². The van der Waals surface area contributed by atoms with Crippen LogP contribution in [0.5, 0.6) is 0 Å². The Hall–Kier alpha value is -1.94. The zero-order valence-corrected chi connectivity index (χ0v) is 9.84. The van der Waals surface area contributed by atoms with Crippen molar-refractivity contribution < 1.29 is 9.13 Å². The molecule has 0 bridgehead atoms. The number of ether oxygens (including phenoxy) is 1. The highest BCUT2D eigenvalue weighted by Crippen LogP contribution is 2.21. The number of nitrogens with zero attached hydrogens (tertiary/aromatic N) is 2. The van der Waals surface area contributed by atoms with E-state index in [1.54, 1.807) is 18.5 Å². The van der Waals surface area contributed by atoms with Crippen LogP contribution in [0.15, 0.2) is 42.9 Å². The zero-order chi connectivity index (χ0) is 12.4. The van der Waals surface area contributed by atoms with Gasteiger partial charge in [0.2, 0.25) is 0 Å². The summed E-state index contributed by atoms with van der Waals surface area (Å²) in [4.78, 5) is 4.35. The minimum Gasteiger partial charge on any atom is -0.377 e. The van der Waals surface area contributed by atoms with Crippen molar-refractivity contribution in [3.63, 3.8) is 0 Å². The smallest absolute Gasteiger partial charge is 0.123 e. The van der Waals surface area contributed by atoms with E-state index in [1.165, 1.54) is 17.8 Å². The van der Waals surface area contributed by atoms with E-state index >= 15 is 0 Å². The highest BCUT2D eigenvalue weighted by Gasteiger charge is 2.08. The summed E-state index contributed by atoms with van der Waals surface area (Å²) >= 11 is 0. The normalized spacial score (nSPS) is 15.5. The molecule has 3 nitrogen and oxygen atoms in total. The Morgan fingerprint density at radius 2 is 2.06 bits per heavy atom. The third-order valence-electron chi connectivity index (χ3n) is 2.99. The lowest BCUT2D eigenvalue weighted by Crippen LogP contribution is -2.07. The van der Waals surface area contributed by atoms with E-state index in [0.29, 0.717) is 6.61 Å². The second-order valence-electron chi connectivity index (χ2n) is 4.19. The number of rotatable bonds is 2. The van der Waals surface area contributed by atoms with E-state index in [2.05, 4.69) is 11.1 Å². The van der Waals surface area contributed by atoms with Gasteiger partial charge >= 0.3 is 0 Å². The van der Waals surface area contributed by atoms with Crippen molar-refractivity contribution in [3.05, 3.63) is 48.7 Å². The number of benzene rings is 1. The summed E-state index contributed by atoms with van der Waals surface area (Å²) in [5, 5.41) is 0. The van der Waals surface area contributed by atoms with Crippen LogP contribution in [0.3, 0.4) is 0 Å². The molecule has 0 fully saturated rings. The van der Waals surface area contributed by atoms with Crippen molar-refractivity contribution in [1.29, 1.82) is 0 Å². The number of hydrogen-bond acceptors (Lipinski definition) is 2. The third kappa shape index (κ3) is 2.19. The molecule has 4 heteroatoms. The van der Waals surface area contributed by atoms with Crippen molar-refractivity contribution in [2.75, 3.05) is 13.2 Å². The Labute approximate surface area is 105 Å². The molecule has 2 aromatic rings. The maximum absolute atomic E-state index is 12.8. The van der Waals surface area contributed by atoms with Gasteiger partial charge in [-0.05, 0) is 30.3 Å². The van der Waals surface area contributed by atoms with Crippen LogP contribution in [-0.2, 0) is 4.74 Å². The Balaban J connectivity index is 1.89. The van der Waals surface area contributed by atoms with E-state index in [-0.39, 0.29) is 5.82 Å². The molecule has 18 heavy (non-hydrogen) atoms. The number of halogens is 1. The predicted molar refractivity (Wildman–Crippen MR) is 67.3 cm³/mol. The Morgan fingerprint density at radius 1 is 1.22 bits per heavy atom. The van der Waals surface area contributed by atoms with Gasteiger partial charge in [-0.15, -0.1) is 0 Å². The summed E-state index contributed by atoms with van der Waals surface area (Å²) in [5.74, 6) is -0.231. The maximum Gasteiger partial charge on any atom is 0.123 e. The monoisotopic (exact) mass is 244 g/mol. The van der Waals surface area contributed by atoms with E-state index in [0.717, 1.165) is 24.3 Å². The average Bonchev–Trinajstić information content (AvgIpc) is 2.90. The average molecular weight is 244 g/mol. The fourth-order valence-electron chi connectivity index (χ4n) is 2.00. The van der Waals surface area contributed by atoms with Crippen LogP contribution >= 0.6 is 0 Å². The molecule has 0 N–H and O–H groups in total. The molecule has 0 amide bonds. The summed E-state index contributed by atoms with van der Waals surface area (Å²) in [6, 6.07) is 6.37. The lowest BCUT2D eigenvalue weighted by atomic mass is 10.2. The van der Waals surface area contributed by atoms with Crippen LogP contribution < -0.4 is 0 Å². The fourth-order valence-corrected chi connectivity index (χ4v) is 2.00. The van der Waals surface area contributed by atoms with Crippen LogP contribution in [0.2, 0.25) is 0 Å². The molecule has 1 aliphatic rings. The molecule has 0 aliphatic carbocycles. The van der Waals surface area contributed by atoms with Gasteiger partial charge < -0.3 is 9.30 Å². The topological polar surface area (TPSA) is 27.1 Å².